The molecule has 0 fully saturated rings. The summed E-state index contributed by atoms with van der Waals surface area (Å²) in [6.45, 7) is -0.704. The Bertz CT molecular complexity index is 963. The molecule has 1 heterocycles. The lowest BCUT2D eigenvalue weighted by Gasteiger charge is -2.13. The second kappa shape index (κ2) is 6.91. The Morgan fingerprint density at radius 2 is 1.73 bits per heavy atom. The Hall–Kier alpha value is -3.29. The van der Waals surface area contributed by atoms with E-state index in [0.717, 1.165) is 17.6 Å². The van der Waals surface area contributed by atoms with Gasteiger partial charge in [-0.2, -0.15) is 13.2 Å². The van der Waals surface area contributed by atoms with Gasteiger partial charge in [0.05, 0.1) is 16.8 Å². The van der Waals surface area contributed by atoms with Gasteiger partial charge in [0.2, 0.25) is 0 Å². The highest BCUT2D eigenvalue weighted by Gasteiger charge is 2.33. The van der Waals surface area contributed by atoms with Gasteiger partial charge >= 0.3 is 12.1 Å². The quantitative estimate of drug-likeness (QED) is 0.690. The Morgan fingerprint density at radius 1 is 1.04 bits per heavy atom. The van der Waals surface area contributed by atoms with Crippen LogP contribution >= 0.6 is 0 Å². The standard InChI is InChI=1S/C18H13F3N2O3/c19-18(20,21)13-6-2-4-8-15(13)23-16(24)10-26-17(25)12-9-22-14-7-3-1-5-11(12)14/h1-9,22H,10H2,(H,23,24). The van der Waals surface area contributed by atoms with Crippen LogP contribution in [0, 0.1) is 0 Å². The molecule has 0 aliphatic rings. The molecule has 1 amide bonds. The van der Waals surface area contributed by atoms with Crippen molar-refractivity contribution in [2.45, 2.75) is 6.18 Å². The molecule has 0 spiro atoms. The highest BCUT2D eigenvalue weighted by Crippen LogP contribution is 2.34. The molecule has 134 valence electrons. The van der Waals surface area contributed by atoms with Gasteiger partial charge in [0.25, 0.3) is 5.91 Å². The van der Waals surface area contributed by atoms with Gasteiger partial charge in [-0.1, -0.05) is 30.3 Å². The molecule has 3 aromatic rings. The average Bonchev–Trinajstić information content (AvgIpc) is 3.03. The number of rotatable bonds is 4. The Morgan fingerprint density at radius 3 is 2.50 bits per heavy atom. The first kappa shape index (κ1) is 17.5. The maximum Gasteiger partial charge on any atom is 0.418 e. The maximum absolute atomic E-state index is 12.9. The number of aromatic nitrogens is 1. The summed E-state index contributed by atoms with van der Waals surface area (Å²) in [7, 11) is 0. The topological polar surface area (TPSA) is 71.2 Å². The fourth-order valence-electron chi connectivity index (χ4n) is 2.47. The number of esters is 1. The van der Waals surface area contributed by atoms with Crippen LogP contribution in [0.1, 0.15) is 15.9 Å². The molecule has 2 N–H and O–H groups in total. The van der Waals surface area contributed by atoms with Crippen molar-refractivity contribution in [1.29, 1.82) is 0 Å². The number of carbonyl (C=O) groups excluding carboxylic acids is 2. The number of hydrogen-bond acceptors (Lipinski definition) is 3. The highest BCUT2D eigenvalue weighted by atomic mass is 19.4. The van der Waals surface area contributed by atoms with Crippen LogP contribution in [0.5, 0.6) is 0 Å². The van der Waals surface area contributed by atoms with E-state index in [2.05, 4.69) is 10.3 Å². The molecule has 1 aromatic heterocycles. The zero-order valence-electron chi connectivity index (χ0n) is 13.3. The van der Waals surface area contributed by atoms with E-state index in [0.29, 0.717) is 5.39 Å². The number of ether oxygens (including phenoxy) is 1. The Labute approximate surface area is 145 Å². The van der Waals surface area contributed by atoms with Crippen LogP contribution in [-0.4, -0.2) is 23.5 Å². The third-order valence-corrected chi connectivity index (χ3v) is 3.65. The van der Waals surface area contributed by atoms with Crippen LogP contribution < -0.4 is 5.32 Å². The van der Waals surface area contributed by atoms with Crippen molar-refractivity contribution in [1.82, 2.24) is 4.98 Å². The lowest BCUT2D eigenvalue weighted by atomic mass is 10.1. The number of hydrogen-bond donors (Lipinski definition) is 2. The number of para-hydroxylation sites is 2. The molecule has 0 bridgehead atoms. The molecule has 0 radical (unpaired) electrons. The van der Waals surface area contributed by atoms with Crippen molar-refractivity contribution in [2.24, 2.45) is 0 Å². The van der Waals surface area contributed by atoms with Gasteiger partial charge in [0, 0.05) is 17.1 Å². The summed E-state index contributed by atoms with van der Waals surface area (Å²) < 4.78 is 43.6. The van der Waals surface area contributed by atoms with E-state index in [-0.39, 0.29) is 5.56 Å². The fourth-order valence-corrected chi connectivity index (χ4v) is 2.47. The van der Waals surface area contributed by atoms with Gasteiger partial charge in [0.1, 0.15) is 0 Å². The summed E-state index contributed by atoms with van der Waals surface area (Å²) in [5.41, 5.74) is -0.406. The van der Waals surface area contributed by atoms with Crippen LogP contribution in [-0.2, 0) is 15.7 Å². The van der Waals surface area contributed by atoms with Gasteiger partial charge in [-0.05, 0) is 18.2 Å². The molecule has 3 rings (SSSR count). The van der Waals surface area contributed by atoms with Crippen LogP contribution in [0.2, 0.25) is 0 Å². The number of amides is 1. The first-order valence-electron chi connectivity index (χ1n) is 7.55. The minimum Gasteiger partial charge on any atom is -0.452 e. The molecule has 26 heavy (non-hydrogen) atoms. The molecular weight excluding hydrogens is 349 g/mol. The smallest absolute Gasteiger partial charge is 0.418 e. The normalized spacial score (nSPS) is 11.3. The molecule has 8 heteroatoms. The van der Waals surface area contributed by atoms with Gasteiger partial charge < -0.3 is 15.0 Å². The van der Waals surface area contributed by atoms with Crippen molar-refractivity contribution in [3.63, 3.8) is 0 Å². The van der Waals surface area contributed by atoms with Crippen molar-refractivity contribution < 1.29 is 27.5 Å². The number of fused-ring (bicyclic) bond motifs is 1. The number of anilines is 1. The predicted molar refractivity (Wildman–Crippen MR) is 88.7 cm³/mol. The molecule has 0 aliphatic carbocycles. The lowest BCUT2D eigenvalue weighted by molar-refractivity contribution is -0.137. The van der Waals surface area contributed by atoms with E-state index in [4.69, 9.17) is 4.74 Å². The molecule has 0 saturated heterocycles. The molecular formula is C18H13F3N2O3. The number of aromatic amines is 1. The predicted octanol–water partition coefficient (Wildman–Crippen LogP) is 3.98. The van der Waals surface area contributed by atoms with Crippen molar-refractivity contribution >= 4 is 28.5 Å². The summed E-state index contributed by atoms with van der Waals surface area (Å²) >= 11 is 0. The molecule has 0 aliphatic heterocycles. The third-order valence-electron chi connectivity index (χ3n) is 3.65. The van der Waals surface area contributed by atoms with Gasteiger partial charge in [-0.3, -0.25) is 4.79 Å². The first-order valence-corrected chi connectivity index (χ1v) is 7.55. The number of carbonyl (C=O) groups is 2. The van der Waals surface area contributed by atoms with Gasteiger partial charge in [0.15, 0.2) is 6.61 Å². The minimum atomic E-state index is -4.61. The molecule has 5 nitrogen and oxygen atoms in total. The monoisotopic (exact) mass is 362 g/mol. The minimum absolute atomic E-state index is 0.240. The highest BCUT2D eigenvalue weighted by molar-refractivity contribution is 6.05. The van der Waals surface area contributed by atoms with Crippen LogP contribution in [0.4, 0.5) is 18.9 Å². The average molecular weight is 362 g/mol. The van der Waals surface area contributed by atoms with E-state index >= 15 is 0 Å². The number of benzene rings is 2. The SMILES string of the molecule is O=C(COC(=O)c1c[nH]c2ccccc12)Nc1ccccc1C(F)(F)F. The summed E-state index contributed by atoms with van der Waals surface area (Å²) in [6, 6.07) is 11.6. The second-order valence-electron chi connectivity index (χ2n) is 5.42. The van der Waals surface area contributed by atoms with Gasteiger partial charge in [-0.25, -0.2) is 4.79 Å². The number of nitrogens with one attached hydrogen (secondary N) is 2. The zero-order chi connectivity index (χ0) is 18.7. The van der Waals surface area contributed by atoms with E-state index in [9.17, 15) is 22.8 Å². The number of alkyl halides is 3. The number of halogens is 3. The molecule has 0 atom stereocenters. The lowest BCUT2D eigenvalue weighted by Crippen LogP contribution is -2.22. The summed E-state index contributed by atoms with van der Waals surface area (Å²) in [5, 5.41) is 2.74. The van der Waals surface area contributed by atoms with Crippen LogP contribution in [0.25, 0.3) is 10.9 Å². The van der Waals surface area contributed by atoms with E-state index in [1.807, 2.05) is 0 Å². The second-order valence-corrected chi connectivity index (χ2v) is 5.42. The van der Waals surface area contributed by atoms with Crippen LogP contribution in [0.15, 0.2) is 54.7 Å². The van der Waals surface area contributed by atoms with E-state index in [1.54, 1.807) is 24.3 Å². The zero-order valence-corrected chi connectivity index (χ0v) is 13.3. The third kappa shape index (κ3) is 3.69. The molecule has 0 saturated carbocycles. The van der Waals surface area contributed by atoms with Crippen molar-refractivity contribution in [2.75, 3.05) is 11.9 Å². The van der Waals surface area contributed by atoms with Crippen LogP contribution in [0.3, 0.4) is 0 Å². The van der Waals surface area contributed by atoms with Crippen molar-refractivity contribution in [3.05, 3.63) is 65.9 Å². The van der Waals surface area contributed by atoms with E-state index in [1.165, 1.54) is 18.3 Å². The first-order chi connectivity index (χ1) is 12.4. The largest absolute Gasteiger partial charge is 0.452 e. The fraction of sp³-hybridized carbons (Fsp3) is 0.111. The van der Waals surface area contributed by atoms with E-state index < -0.39 is 35.9 Å². The maximum atomic E-state index is 12.9. The van der Waals surface area contributed by atoms with Crippen molar-refractivity contribution in [3.8, 4) is 0 Å². The summed E-state index contributed by atoms with van der Waals surface area (Å²) in [6.07, 6.45) is -3.16. The van der Waals surface area contributed by atoms with Gasteiger partial charge in [-0.15, -0.1) is 0 Å². The molecule has 0 unspecified atom stereocenters. The molecule has 2 aromatic carbocycles. The Kier molecular flexibility index (Phi) is 4.66. The number of H-pyrrole nitrogens is 1. The Balaban J connectivity index is 1.66. The summed E-state index contributed by atoms with van der Waals surface area (Å²) in [5.74, 6) is -1.61. The summed E-state index contributed by atoms with van der Waals surface area (Å²) in [4.78, 5) is 26.9.